The number of aromatic nitrogens is 3. The van der Waals surface area contributed by atoms with Gasteiger partial charge in [-0.1, -0.05) is 45.0 Å². The van der Waals surface area contributed by atoms with Crippen LogP contribution < -0.4 is 11.4 Å². The molecule has 1 aromatic heterocycles. The van der Waals surface area contributed by atoms with Crippen LogP contribution in [0.4, 0.5) is 0 Å². The molecule has 1 heterocycles. The van der Waals surface area contributed by atoms with E-state index in [1.54, 1.807) is 42.5 Å². The van der Waals surface area contributed by atoms with Crippen LogP contribution in [0.25, 0.3) is 11.4 Å². The Labute approximate surface area is 138 Å². The van der Waals surface area contributed by atoms with Gasteiger partial charge in [0, 0.05) is 0 Å². The van der Waals surface area contributed by atoms with Crippen molar-refractivity contribution in [1.82, 2.24) is 14.3 Å². The number of benzene rings is 2. The molecular formula is C18H19N3O3. The highest BCUT2D eigenvalue weighted by molar-refractivity contribution is 5.49. The summed E-state index contributed by atoms with van der Waals surface area (Å²) in [4.78, 5) is 24.9. The van der Waals surface area contributed by atoms with Crippen molar-refractivity contribution in [2.75, 3.05) is 0 Å². The molecule has 124 valence electrons. The second-order valence-electron chi connectivity index (χ2n) is 6.66. The summed E-state index contributed by atoms with van der Waals surface area (Å²) in [7, 11) is 0. The van der Waals surface area contributed by atoms with Crippen molar-refractivity contribution in [2.45, 2.75) is 26.2 Å². The number of rotatable bonds is 2. The number of nitrogens with zero attached hydrogens (tertiary/aromatic N) is 2. The zero-order valence-corrected chi connectivity index (χ0v) is 13.8. The highest BCUT2D eigenvalue weighted by Gasteiger charge is 2.19. The molecule has 24 heavy (non-hydrogen) atoms. The summed E-state index contributed by atoms with van der Waals surface area (Å²) in [6.07, 6.45) is 0. The predicted octanol–water partition coefficient (Wildman–Crippen LogP) is 2.32. The lowest BCUT2D eigenvalue weighted by Gasteiger charge is -2.20. The molecule has 6 nitrogen and oxygen atoms in total. The highest BCUT2D eigenvalue weighted by atomic mass is 16.3. The first-order chi connectivity index (χ1) is 11.3. The van der Waals surface area contributed by atoms with Gasteiger partial charge in [-0.3, -0.25) is 0 Å². The molecule has 0 saturated carbocycles. The SMILES string of the molecule is CC(C)(C)c1ccc(O)c(-n2[nH]c(=O)n(-c3ccccc3)c2=O)c1. The monoisotopic (exact) mass is 325 g/mol. The number of nitrogens with one attached hydrogen (secondary N) is 1. The normalized spacial score (nSPS) is 11.6. The van der Waals surface area contributed by atoms with E-state index in [2.05, 4.69) is 5.10 Å². The standard InChI is InChI=1S/C18H19N3O3/c1-18(2,3)12-9-10-15(22)14(11-12)21-17(24)20(16(23)19-21)13-7-5-4-6-8-13/h4-11,22H,1-3H3,(H,19,23). The highest BCUT2D eigenvalue weighted by Crippen LogP contribution is 2.28. The van der Waals surface area contributed by atoms with Gasteiger partial charge in [0.1, 0.15) is 11.4 Å². The molecule has 0 radical (unpaired) electrons. The van der Waals surface area contributed by atoms with E-state index in [-0.39, 0.29) is 16.9 Å². The van der Waals surface area contributed by atoms with E-state index in [1.165, 1.54) is 6.07 Å². The van der Waals surface area contributed by atoms with Gasteiger partial charge >= 0.3 is 11.4 Å². The Balaban J connectivity index is 2.23. The van der Waals surface area contributed by atoms with Crippen molar-refractivity contribution in [3.8, 4) is 17.1 Å². The maximum Gasteiger partial charge on any atom is 0.356 e. The van der Waals surface area contributed by atoms with Crippen LogP contribution >= 0.6 is 0 Å². The summed E-state index contributed by atoms with van der Waals surface area (Å²) in [6.45, 7) is 6.09. The Morgan fingerprint density at radius 1 is 1.00 bits per heavy atom. The van der Waals surface area contributed by atoms with Crippen molar-refractivity contribution in [1.29, 1.82) is 0 Å². The molecule has 0 aliphatic rings. The fourth-order valence-electron chi connectivity index (χ4n) is 2.52. The fraction of sp³-hybridized carbons (Fsp3) is 0.222. The molecule has 0 aliphatic heterocycles. The van der Waals surface area contributed by atoms with Crippen LogP contribution in [0.5, 0.6) is 5.75 Å². The zero-order chi connectivity index (χ0) is 17.5. The minimum atomic E-state index is -0.563. The summed E-state index contributed by atoms with van der Waals surface area (Å²) < 4.78 is 2.10. The molecule has 0 aliphatic carbocycles. The molecule has 0 bridgehead atoms. The Kier molecular flexibility index (Phi) is 3.67. The van der Waals surface area contributed by atoms with Crippen molar-refractivity contribution in [3.63, 3.8) is 0 Å². The van der Waals surface area contributed by atoms with Gasteiger partial charge in [-0.15, -0.1) is 0 Å². The van der Waals surface area contributed by atoms with Crippen LogP contribution in [0.1, 0.15) is 26.3 Å². The Morgan fingerprint density at radius 2 is 1.67 bits per heavy atom. The molecule has 2 N–H and O–H groups in total. The van der Waals surface area contributed by atoms with Gasteiger partial charge in [0.2, 0.25) is 0 Å². The van der Waals surface area contributed by atoms with E-state index < -0.39 is 11.4 Å². The van der Waals surface area contributed by atoms with Gasteiger partial charge in [-0.05, 0) is 35.2 Å². The topological polar surface area (TPSA) is 80.0 Å². The van der Waals surface area contributed by atoms with Gasteiger partial charge in [-0.25, -0.2) is 19.3 Å². The van der Waals surface area contributed by atoms with Crippen molar-refractivity contribution in [3.05, 3.63) is 75.1 Å². The average Bonchev–Trinajstić information content (AvgIpc) is 2.82. The third kappa shape index (κ3) is 2.67. The molecule has 0 spiro atoms. The van der Waals surface area contributed by atoms with E-state index in [1.807, 2.05) is 20.8 Å². The third-order valence-electron chi connectivity index (χ3n) is 3.89. The van der Waals surface area contributed by atoms with Crippen molar-refractivity contribution < 1.29 is 5.11 Å². The second-order valence-corrected chi connectivity index (χ2v) is 6.66. The third-order valence-corrected chi connectivity index (χ3v) is 3.89. The maximum absolute atomic E-state index is 12.7. The molecule has 0 amide bonds. The summed E-state index contributed by atoms with van der Waals surface area (Å²) in [5.41, 5.74) is 0.372. The van der Waals surface area contributed by atoms with E-state index in [4.69, 9.17) is 0 Å². The molecular weight excluding hydrogens is 306 g/mol. The first-order valence-electron chi connectivity index (χ1n) is 7.62. The van der Waals surface area contributed by atoms with Crippen LogP contribution in [0.3, 0.4) is 0 Å². The number of aromatic hydroxyl groups is 1. The number of phenolic OH excluding ortho intramolecular Hbond substituents is 1. The van der Waals surface area contributed by atoms with E-state index >= 15 is 0 Å². The van der Waals surface area contributed by atoms with Crippen LogP contribution in [-0.4, -0.2) is 19.5 Å². The van der Waals surface area contributed by atoms with E-state index in [0.717, 1.165) is 14.8 Å². The van der Waals surface area contributed by atoms with Gasteiger partial charge in [0.25, 0.3) is 0 Å². The maximum atomic E-state index is 12.7. The minimum absolute atomic E-state index is 0.0773. The lowest BCUT2D eigenvalue weighted by Crippen LogP contribution is -2.26. The van der Waals surface area contributed by atoms with Crippen LogP contribution in [-0.2, 0) is 5.41 Å². The lowest BCUT2D eigenvalue weighted by atomic mass is 9.87. The minimum Gasteiger partial charge on any atom is -0.506 e. The Hall–Kier alpha value is -3.02. The quantitative estimate of drug-likeness (QED) is 0.759. The average molecular weight is 325 g/mol. The number of aromatic amines is 1. The number of H-pyrrole nitrogens is 1. The van der Waals surface area contributed by atoms with Crippen LogP contribution in [0, 0.1) is 0 Å². The van der Waals surface area contributed by atoms with E-state index in [0.29, 0.717) is 5.69 Å². The molecule has 3 aromatic rings. The number of phenols is 1. The fourth-order valence-corrected chi connectivity index (χ4v) is 2.52. The largest absolute Gasteiger partial charge is 0.506 e. The van der Waals surface area contributed by atoms with Crippen molar-refractivity contribution >= 4 is 0 Å². The van der Waals surface area contributed by atoms with Gasteiger partial charge < -0.3 is 5.11 Å². The van der Waals surface area contributed by atoms with Gasteiger partial charge in [0.05, 0.1) is 5.69 Å². The smallest absolute Gasteiger partial charge is 0.356 e. The molecule has 6 heteroatoms. The predicted molar refractivity (Wildman–Crippen MR) is 92.4 cm³/mol. The number of hydrogen-bond acceptors (Lipinski definition) is 3. The first kappa shape index (κ1) is 15.9. The van der Waals surface area contributed by atoms with Gasteiger partial charge in [0.15, 0.2) is 0 Å². The second kappa shape index (κ2) is 5.56. The van der Waals surface area contributed by atoms with Crippen molar-refractivity contribution in [2.24, 2.45) is 0 Å². The molecule has 0 unspecified atom stereocenters. The summed E-state index contributed by atoms with van der Waals surface area (Å²) >= 11 is 0. The van der Waals surface area contributed by atoms with E-state index in [9.17, 15) is 14.7 Å². The molecule has 0 saturated heterocycles. The Bertz CT molecular complexity index is 989. The molecule has 0 atom stereocenters. The molecule has 3 rings (SSSR count). The summed E-state index contributed by atoms with van der Waals surface area (Å²) in [5.74, 6) is -0.0773. The number of para-hydroxylation sites is 1. The van der Waals surface area contributed by atoms with Crippen LogP contribution in [0.2, 0.25) is 0 Å². The first-order valence-corrected chi connectivity index (χ1v) is 7.62. The van der Waals surface area contributed by atoms with Crippen LogP contribution in [0.15, 0.2) is 58.1 Å². The molecule has 0 fully saturated rings. The zero-order valence-electron chi connectivity index (χ0n) is 13.8. The van der Waals surface area contributed by atoms with Gasteiger partial charge in [-0.2, -0.15) is 4.68 Å². The molecule has 2 aromatic carbocycles. The summed E-state index contributed by atoms with van der Waals surface area (Å²) in [6, 6.07) is 13.7. The Morgan fingerprint density at radius 3 is 2.29 bits per heavy atom. The number of hydrogen-bond donors (Lipinski definition) is 2. The lowest BCUT2D eigenvalue weighted by molar-refractivity contribution is 0.468. The summed E-state index contributed by atoms with van der Waals surface area (Å²) in [5, 5.41) is 12.7.